The van der Waals surface area contributed by atoms with E-state index in [1.165, 1.54) is 0 Å². The number of nitrogens with one attached hydrogen (secondary N) is 1. The van der Waals surface area contributed by atoms with Crippen molar-refractivity contribution >= 4 is 5.91 Å². The number of rotatable bonds is 2. The summed E-state index contributed by atoms with van der Waals surface area (Å²) in [6.45, 7) is 7.75. The predicted octanol–water partition coefficient (Wildman–Crippen LogP) is 0.968. The molecule has 2 fully saturated rings. The summed E-state index contributed by atoms with van der Waals surface area (Å²) < 4.78 is 5.52. The molecule has 0 saturated carbocycles. The molecule has 0 radical (unpaired) electrons. The van der Waals surface area contributed by atoms with Crippen LogP contribution in [-0.2, 0) is 9.53 Å². The molecule has 4 heteroatoms. The summed E-state index contributed by atoms with van der Waals surface area (Å²) in [5.74, 6) is 0.642. The highest BCUT2D eigenvalue weighted by molar-refractivity contribution is 5.84. The van der Waals surface area contributed by atoms with E-state index in [1.807, 2.05) is 4.90 Å². The van der Waals surface area contributed by atoms with Gasteiger partial charge < -0.3 is 9.64 Å². The van der Waals surface area contributed by atoms with Crippen molar-refractivity contribution in [3.8, 4) is 0 Å². The first-order valence-corrected chi connectivity index (χ1v) is 6.25. The van der Waals surface area contributed by atoms with Crippen LogP contribution in [0.15, 0.2) is 0 Å². The number of carbonyl (C=O) groups is 1. The summed E-state index contributed by atoms with van der Waals surface area (Å²) in [4.78, 5) is 14.2. The van der Waals surface area contributed by atoms with Crippen molar-refractivity contribution in [3.63, 3.8) is 0 Å². The van der Waals surface area contributed by atoms with Gasteiger partial charge in [-0.1, -0.05) is 13.8 Å². The third-order valence-corrected chi connectivity index (χ3v) is 3.60. The average Bonchev–Trinajstić information content (AvgIpc) is 2.60. The van der Waals surface area contributed by atoms with E-state index < -0.39 is 0 Å². The number of hydrogen-bond acceptors (Lipinski definition) is 3. The Hall–Kier alpha value is -0.610. The molecule has 2 rings (SSSR count). The van der Waals surface area contributed by atoms with Crippen molar-refractivity contribution in [2.24, 2.45) is 5.92 Å². The molecular weight excluding hydrogens is 204 g/mol. The first-order chi connectivity index (χ1) is 7.59. The molecule has 0 aromatic carbocycles. The lowest BCUT2D eigenvalue weighted by molar-refractivity contribution is -0.134. The molecule has 16 heavy (non-hydrogen) atoms. The smallest absolute Gasteiger partial charge is 0.241 e. The van der Waals surface area contributed by atoms with E-state index in [4.69, 9.17) is 4.74 Å². The molecule has 1 amide bonds. The zero-order valence-corrected chi connectivity index (χ0v) is 10.4. The maximum atomic E-state index is 12.2. The standard InChI is InChI=1S/C12H22N2O2/c1-8(2)11-12(15)14(7-13-11)10-4-5-16-9(3)6-10/h8-11,13H,4-7H2,1-3H3. The quantitative estimate of drug-likeness (QED) is 0.763. The van der Waals surface area contributed by atoms with Gasteiger partial charge in [-0.15, -0.1) is 0 Å². The Morgan fingerprint density at radius 2 is 2.25 bits per heavy atom. The van der Waals surface area contributed by atoms with Gasteiger partial charge in [0.1, 0.15) is 0 Å². The first-order valence-electron chi connectivity index (χ1n) is 6.25. The van der Waals surface area contributed by atoms with Crippen LogP contribution < -0.4 is 5.32 Å². The normalized spacial score (nSPS) is 36.1. The van der Waals surface area contributed by atoms with Gasteiger partial charge in [-0.05, 0) is 25.7 Å². The van der Waals surface area contributed by atoms with Crippen molar-refractivity contribution in [2.45, 2.75) is 51.8 Å². The summed E-state index contributed by atoms with van der Waals surface area (Å²) in [6, 6.07) is 0.380. The molecule has 3 unspecified atom stereocenters. The van der Waals surface area contributed by atoms with Gasteiger partial charge in [-0.25, -0.2) is 0 Å². The summed E-state index contributed by atoms with van der Waals surface area (Å²) in [5, 5.41) is 3.30. The van der Waals surface area contributed by atoms with Gasteiger partial charge in [0.2, 0.25) is 5.91 Å². The molecule has 1 N–H and O–H groups in total. The predicted molar refractivity (Wildman–Crippen MR) is 61.9 cm³/mol. The fourth-order valence-corrected chi connectivity index (χ4v) is 2.63. The molecule has 92 valence electrons. The molecule has 0 spiro atoms. The second kappa shape index (κ2) is 4.72. The molecule has 2 aliphatic rings. The molecule has 2 heterocycles. The highest BCUT2D eigenvalue weighted by Crippen LogP contribution is 2.23. The lowest BCUT2D eigenvalue weighted by atomic mass is 10.0. The lowest BCUT2D eigenvalue weighted by Crippen LogP contribution is -2.44. The summed E-state index contributed by atoms with van der Waals surface area (Å²) in [5.41, 5.74) is 0. The van der Waals surface area contributed by atoms with Crippen LogP contribution in [0.4, 0.5) is 0 Å². The van der Waals surface area contributed by atoms with Crippen LogP contribution in [0.5, 0.6) is 0 Å². The SMILES string of the molecule is CC1CC(N2CNC(C(C)C)C2=O)CCO1. The van der Waals surface area contributed by atoms with E-state index in [2.05, 4.69) is 26.1 Å². The minimum Gasteiger partial charge on any atom is -0.378 e. The van der Waals surface area contributed by atoms with E-state index >= 15 is 0 Å². The van der Waals surface area contributed by atoms with Crippen molar-refractivity contribution in [3.05, 3.63) is 0 Å². The summed E-state index contributed by atoms with van der Waals surface area (Å²) in [7, 11) is 0. The molecule has 0 bridgehead atoms. The second-order valence-electron chi connectivity index (χ2n) is 5.25. The third kappa shape index (κ3) is 2.23. The minimum atomic E-state index is 0.0122. The minimum absolute atomic E-state index is 0.0122. The molecule has 0 aromatic rings. The maximum Gasteiger partial charge on any atom is 0.241 e. The Bertz CT molecular complexity index is 268. The van der Waals surface area contributed by atoms with E-state index in [1.54, 1.807) is 0 Å². The Labute approximate surface area is 97.3 Å². The van der Waals surface area contributed by atoms with E-state index in [-0.39, 0.29) is 18.1 Å². The second-order valence-corrected chi connectivity index (χ2v) is 5.25. The fourth-order valence-electron chi connectivity index (χ4n) is 2.63. The van der Waals surface area contributed by atoms with Crippen molar-refractivity contribution in [1.82, 2.24) is 10.2 Å². The Balaban J connectivity index is 1.98. The first kappa shape index (κ1) is 11.9. The van der Waals surface area contributed by atoms with Gasteiger partial charge in [-0.3, -0.25) is 10.1 Å². The van der Waals surface area contributed by atoms with Crippen LogP contribution in [0.1, 0.15) is 33.6 Å². The Kier molecular flexibility index (Phi) is 3.50. The average molecular weight is 226 g/mol. The molecule has 2 saturated heterocycles. The van der Waals surface area contributed by atoms with E-state index in [0.717, 1.165) is 19.4 Å². The molecule has 0 aliphatic carbocycles. The Morgan fingerprint density at radius 1 is 1.50 bits per heavy atom. The lowest BCUT2D eigenvalue weighted by Gasteiger charge is -2.33. The fraction of sp³-hybridized carbons (Fsp3) is 0.917. The van der Waals surface area contributed by atoms with Gasteiger partial charge >= 0.3 is 0 Å². The highest BCUT2D eigenvalue weighted by atomic mass is 16.5. The monoisotopic (exact) mass is 226 g/mol. The van der Waals surface area contributed by atoms with Crippen molar-refractivity contribution in [2.75, 3.05) is 13.3 Å². The number of ether oxygens (including phenoxy) is 1. The molecular formula is C12H22N2O2. The maximum absolute atomic E-state index is 12.2. The van der Waals surface area contributed by atoms with Gasteiger partial charge in [0.05, 0.1) is 18.8 Å². The van der Waals surface area contributed by atoms with Gasteiger partial charge in [0.15, 0.2) is 0 Å². The van der Waals surface area contributed by atoms with Gasteiger partial charge in [0.25, 0.3) is 0 Å². The number of carbonyl (C=O) groups excluding carboxylic acids is 1. The van der Waals surface area contributed by atoms with Crippen LogP contribution in [-0.4, -0.2) is 42.3 Å². The third-order valence-electron chi connectivity index (χ3n) is 3.60. The van der Waals surface area contributed by atoms with Crippen LogP contribution in [0.3, 0.4) is 0 Å². The topological polar surface area (TPSA) is 41.6 Å². The zero-order chi connectivity index (χ0) is 11.7. The van der Waals surface area contributed by atoms with Gasteiger partial charge in [0, 0.05) is 12.6 Å². The van der Waals surface area contributed by atoms with Crippen LogP contribution in [0.25, 0.3) is 0 Å². The zero-order valence-electron chi connectivity index (χ0n) is 10.4. The largest absolute Gasteiger partial charge is 0.378 e. The van der Waals surface area contributed by atoms with E-state index in [0.29, 0.717) is 18.6 Å². The summed E-state index contributed by atoms with van der Waals surface area (Å²) >= 11 is 0. The van der Waals surface area contributed by atoms with Crippen LogP contribution in [0.2, 0.25) is 0 Å². The number of nitrogens with zero attached hydrogens (tertiary/aromatic N) is 1. The number of amides is 1. The van der Waals surface area contributed by atoms with Crippen molar-refractivity contribution < 1.29 is 9.53 Å². The van der Waals surface area contributed by atoms with Crippen LogP contribution >= 0.6 is 0 Å². The van der Waals surface area contributed by atoms with E-state index in [9.17, 15) is 4.79 Å². The molecule has 2 aliphatic heterocycles. The van der Waals surface area contributed by atoms with Crippen molar-refractivity contribution in [1.29, 1.82) is 0 Å². The summed E-state index contributed by atoms with van der Waals surface area (Å²) in [6.07, 6.45) is 2.23. The van der Waals surface area contributed by atoms with Crippen LogP contribution in [0, 0.1) is 5.92 Å². The molecule has 0 aromatic heterocycles. The highest BCUT2D eigenvalue weighted by Gasteiger charge is 2.38. The Morgan fingerprint density at radius 3 is 2.81 bits per heavy atom. The number of hydrogen-bond donors (Lipinski definition) is 1. The molecule has 3 atom stereocenters. The molecule has 4 nitrogen and oxygen atoms in total. The van der Waals surface area contributed by atoms with Gasteiger partial charge in [-0.2, -0.15) is 0 Å².